The predicted molar refractivity (Wildman–Crippen MR) is 64.1 cm³/mol. The van der Waals surface area contributed by atoms with Gasteiger partial charge in [0, 0.05) is 18.2 Å². The monoisotopic (exact) mass is 268 g/mol. The van der Waals surface area contributed by atoms with Crippen LogP contribution in [0.15, 0.2) is 10.5 Å². The first-order chi connectivity index (χ1) is 8.57. The molecule has 8 heteroatoms. The maximum absolute atomic E-state index is 11.0. The molecule has 1 aliphatic rings. The van der Waals surface area contributed by atoms with E-state index in [-0.39, 0.29) is 16.5 Å². The minimum Gasteiger partial charge on any atom is -0.478 e. The Kier molecular flexibility index (Phi) is 3.28. The van der Waals surface area contributed by atoms with Gasteiger partial charge >= 0.3 is 5.97 Å². The Morgan fingerprint density at radius 1 is 1.67 bits per heavy atom. The van der Waals surface area contributed by atoms with E-state index in [4.69, 9.17) is 15.7 Å². The first kappa shape index (κ1) is 12.5. The zero-order valence-electron chi connectivity index (χ0n) is 9.25. The van der Waals surface area contributed by atoms with Gasteiger partial charge in [0.05, 0.1) is 0 Å². The van der Waals surface area contributed by atoms with E-state index in [1.165, 1.54) is 5.38 Å². The number of carboxylic acid groups (broad SMARTS) is 1. The average Bonchev–Trinajstić information content (AvgIpc) is 2.68. The maximum atomic E-state index is 11.0. The van der Waals surface area contributed by atoms with Crippen molar-refractivity contribution in [2.45, 2.75) is 24.9 Å². The van der Waals surface area contributed by atoms with Crippen LogP contribution in [0.25, 0.3) is 0 Å². The highest BCUT2D eigenvalue weighted by atomic mass is 32.1. The van der Waals surface area contributed by atoms with Crippen molar-refractivity contribution in [2.75, 3.05) is 5.73 Å². The number of aliphatic carboxylic acids is 1. The van der Waals surface area contributed by atoms with Crippen LogP contribution in [0.5, 0.6) is 0 Å². The Morgan fingerprint density at radius 2 is 2.39 bits per heavy atom. The summed E-state index contributed by atoms with van der Waals surface area (Å²) in [6, 6.07) is 0. The van der Waals surface area contributed by atoms with Gasteiger partial charge in [0.2, 0.25) is 5.60 Å². The zero-order chi connectivity index (χ0) is 13.2. The molecule has 3 N–H and O–H groups in total. The lowest BCUT2D eigenvalue weighted by molar-refractivity contribution is -0.178. The summed E-state index contributed by atoms with van der Waals surface area (Å²) in [6.45, 7) is 0. The van der Waals surface area contributed by atoms with Crippen LogP contribution in [0.2, 0.25) is 0 Å². The molecule has 1 aromatic rings. The molecule has 1 heterocycles. The number of nitrogen functional groups attached to an aromatic ring is 1. The number of nitrogens with two attached hydrogens (primary N) is 1. The topological polar surface area (TPSA) is 115 Å². The number of oxime groups is 1. The van der Waals surface area contributed by atoms with Gasteiger partial charge in [-0.05, 0) is 6.42 Å². The molecular weight excluding hydrogens is 258 g/mol. The summed E-state index contributed by atoms with van der Waals surface area (Å²) in [5.41, 5.74) is 4.15. The molecule has 95 valence electrons. The lowest BCUT2D eigenvalue weighted by atomic mass is 9.80. The second-order valence-electron chi connectivity index (χ2n) is 3.86. The molecule has 7 nitrogen and oxygen atoms in total. The highest BCUT2D eigenvalue weighted by molar-refractivity contribution is 7.13. The molecular formula is C10H10N3O4S. The van der Waals surface area contributed by atoms with Crippen LogP contribution in [0.4, 0.5) is 5.13 Å². The number of carbonyl (C=O) groups excluding carboxylic acids is 1. The normalized spacial score (nSPS) is 17.9. The van der Waals surface area contributed by atoms with Gasteiger partial charge in [-0.2, -0.15) is 0 Å². The minimum atomic E-state index is -1.32. The number of hydrogen-bond donors (Lipinski definition) is 2. The standard InChI is InChI=1S/C10H10N3O4S/c11-9-12-7(5-18-9)6(4-14)13-17-10(8(15)16)2-1-3-10/h5H,1-3H2,(H2,11,12)(H,15,16). The van der Waals surface area contributed by atoms with E-state index in [0.717, 1.165) is 17.8 Å². The molecule has 1 radical (unpaired) electrons. The second-order valence-corrected chi connectivity index (χ2v) is 4.75. The van der Waals surface area contributed by atoms with E-state index < -0.39 is 11.6 Å². The summed E-state index contributed by atoms with van der Waals surface area (Å²) in [4.78, 5) is 30.6. The first-order valence-electron chi connectivity index (χ1n) is 5.16. The molecule has 0 aliphatic heterocycles. The fourth-order valence-corrected chi connectivity index (χ4v) is 2.04. The predicted octanol–water partition coefficient (Wildman–Crippen LogP) is 0.563. The van der Waals surface area contributed by atoms with E-state index >= 15 is 0 Å². The molecule has 1 saturated carbocycles. The fraction of sp³-hybridized carbons (Fsp3) is 0.400. The van der Waals surface area contributed by atoms with Crippen molar-refractivity contribution in [3.8, 4) is 0 Å². The number of carbonyl (C=O) groups is 1. The average molecular weight is 268 g/mol. The lowest BCUT2D eigenvalue weighted by Crippen LogP contribution is -2.46. The number of thiazole rings is 1. The van der Waals surface area contributed by atoms with Gasteiger partial charge in [0.15, 0.2) is 10.8 Å². The van der Waals surface area contributed by atoms with Crippen LogP contribution in [-0.2, 0) is 14.4 Å². The Bertz CT molecular complexity index is 507. The minimum absolute atomic E-state index is 0.185. The van der Waals surface area contributed by atoms with E-state index in [1.807, 2.05) is 0 Å². The summed E-state index contributed by atoms with van der Waals surface area (Å²) < 4.78 is 0. The fourth-order valence-electron chi connectivity index (χ4n) is 1.49. The van der Waals surface area contributed by atoms with Crippen LogP contribution >= 0.6 is 11.3 Å². The highest BCUT2D eigenvalue weighted by Crippen LogP contribution is 2.36. The second kappa shape index (κ2) is 4.73. The van der Waals surface area contributed by atoms with Gasteiger partial charge in [0.1, 0.15) is 5.69 Å². The summed E-state index contributed by atoms with van der Waals surface area (Å²) in [7, 11) is 0. The number of anilines is 1. The molecule has 1 aliphatic carbocycles. The van der Waals surface area contributed by atoms with E-state index in [0.29, 0.717) is 12.8 Å². The number of hydrogen-bond acceptors (Lipinski definition) is 7. The van der Waals surface area contributed by atoms with E-state index in [2.05, 4.69) is 10.1 Å². The summed E-state index contributed by atoms with van der Waals surface area (Å²) in [5.74, 6) is -1.08. The number of aromatic nitrogens is 1. The molecule has 0 spiro atoms. The summed E-state index contributed by atoms with van der Waals surface area (Å²) >= 11 is 1.14. The quantitative estimate of drug-likeness (QED) is 0.595. The molecule has 18 heavy (non-hydrogen) atoms. The largest absolute Gasteiger partial charge is 0.478 e. The summed E-state index contributed by atoms with van der Waals surface area (Å²) in [6.07, 6.45) is 3.06. The lowest BCUT2D eigenvalue weighted by Gasteiger charge is -2.34. The van der Waals surface area contributed by atoms with Gasteiger partial charge in [-0.1, -0.05) is 5.16 Å². The Labute approximate surface area is 106 Å². The van der Waals surface area contributed by atoms with Crippen molar-refractivity contribution in [3.63, 3.8) is 0 Å². The van der Waals surface area contributed by atoms with Crippen LogP contribution in [0.1, 0.15) is 25.0 Å². The molecule has 0 bridgehead atoms. The third kappa shape index (κ3) is 2.19. The van der Waals surface area contributed by atoms with Gasteiger partial charge < -0.3 is 15.7 Å². The van der Waals surface area contributed by atoms with Crippen molar-refractivity contribution in [1.82, 2.24) is 4.98 Å². The van der Waals surface area contributed by atoms with Crippen molar-refractivity contribution < 1.29 is 19.5 Å². The van der Waals surface area contributed by atoms with Gasteiger partial charge in [0.25, 0.3) is 6.29 Å². The molecule has 0 unspecified atom stereocenters. The Hall–Kier alpha value is -1.96. The number of rotatable bonds is 5. The van der Waals surface area contributed by atoms with Crippen LogP contribution < -0.4 is 5.73 Å². The van der Waals surface area contributed by atoms with Crippen molar-refractivity contribution in [1.29, 1.82) is 0 Å². The molecule has 1 aromatic heterocycles. The van der Waals surface area contributed by atoms with Crippen LogP contribution in [-0.4, -0.2) is 33.7 Å². The molecule has 0 atom stereocenters. The smallest absolute Gasteiger partial charge is 0.350 e. The zero-order valence-corrected chi connectivity index (χ0v) is 10.1. The molecule has 0 aromatic carbocycles. The number of carboxylic acids is 1. The van der Waals surface area contributed by atoms with E-state index in [1.54, 1.807) is 6.29 Å². The van der Waals surface area contributed by atoms with Crippen LogP contribution in [0, 0.1) is 0 Å². The molecule has 1 fully saturated rings. The van der Waals surface area contributed by atoms with Gasteiger partial charge in [-0.15, -0.1) is 11.3 Å². The van der Waals surface area contributed by atoms with Gasteiger partial charge in [-0.3, -0.25) is 4.79 Å². The third-order valence-electron chi connectivity index (χ3n) is 2.72. The van der Waals surface area contributed by atoms with Gasteiger partial charge in [-0.25, -0.2) is 9.78 Å². The molecule has 0 saturated heterocycles. The van der Waals surface area contributed by atoms with E-state index in [9.17, 15) is 9.59 Å². The third-order valence-corrected chi connectivity index (χ3v) is 3.40. The van der Waals surface area contributed by atoms with Crippen LogP contribution in [0.3, 0.4) is 0 Å². The highest BCUT2D eigenvalue weighted by Gasteiger charge is 2.48. The first-order valence-corrected chi connectivity index (χ1v) is 6.04. The Balaban J connectivity index is 2.16. The molecule has 0 amide bonds. The SMILES string of the molecule is Nc1nc(C([C]=O)=NOC2(C(=O)O)CCC2)cs1. The Morgan fingerprint density at radius 3 is 2.78 bits per heavy atom. The summed E-state index contributed by atoms with van der Waals surface area (Å²) in [5, 5.41) is 14.4. The molecule has 2 rings (SSSR count). The van der Waals surface area contributed by atoms with Crippen molar-refractivity contribution >= 4 is 34.4 Å². The van der Waals surface area contributed by atoms with Crippen molar-refractivity contribution in [2.24, 2.45) is 5.16 Å². The van der Waals surface area contributed by atoms with Crippen molar-refractivity contribution in [3.05, 3.63) is 11.1 Å². The maximum Gasteiger partial charge on any atom is 0.350 e. The number of nitrogens with zero attached hydrogens (tertiary/aromatic N) is 2.